The summed E-state index contributed by atoms with van der Waals surface area (Å²) in [6.45, 7) is 5.43. The molecular formula is C33H31N8O+. The van der Waals surface area contributed by atoms with Crippen molar-refractivity contribution in [3.63, 3.8) is 0 Å². The summed E-state index contributed by atoms with van der Waals surface area (Å²) in [5.74, 6) is 1.67. The molecule has 0 amide bonds. The smallest absolute Gasteiger partial charge is 0.257 e. The first kappa shape index (κ1) is 25.9. The van der Waals surface area contributed by atoms with Gasteiger partial charge < -0.3 is 20.3 Å². The van der Waals surface area contributed by atoms with Gasteiger partial charge in [-0.05, 0) is 80.1 Å². The normalized spacial score (nSPS) is 16.3. The molecule has 1 aliphatic carbocycles. The first-order chi connectivity index (χ1) is 20.7. The van der Waals surface area contributed by atoms with Crippen LogP contribution in [0.25, 0.3) is 10.9 Å². The number of pyridine rings is 3. The Kier molecular flexibility index (Phi) is 7.03. The SMILES string of the molecule is Cc1cc(Nc2cnc3c(c2)N=C(C2=C=CC=C(Nc4ccnc5ccc(N6CCCOCC6)cc45)C=C2)[NH2+]3)ccn1. The molecule has 4 aromatic rings. The number of fused-ring (bicyclic) bond motifs is 2. The van der Waals surface area contributed by atoms with Crippen LogP contribution in [-0.2, 0) is 4.74 Å². The van der Waals surface area contributed by atoms with Crippen LogP contribution in [0.2, 0.25) is 0 Å². The number of benzene rings is 1. The van der Waals surface area contributed by atoms with Crippen molar-refractivity contribution in [2.45, 2.75) is 13.3 Å². The number of rotatable bonds is 6. The third-order valence-electron chi connectivity index (χ3n) is 7.40. The van der Waals surface area contributed by atoms with Gasteiger partial charge in [0.1, 0.15) is 0 Å². The Hall–Kier alpha value is -5.08. The molecule has 0 atom stereocenters. The average Bonchev–Trinajstić information content (AvgIpc) is 3.15. The van der Waals surface area contributed by atoms with E-state index < -0.39 is 0 Å². The van der Waals surface area contributed by atoms with E-state index in [-0.39, 0.29) is 0 Å². The van der Waals surface area contributed by atoms with Crippen molar-refractivity contribution >= 4 is 51.0 Å². The van der Waals surface area contributed by atoms with Crippen LogP contribution in [0.5, 0.6) is 0 Å². The molecule has 0 radical (unpaired) electrons. The zero-order valence-electron chi connectivity index (χ0n) is 23.3. The number of aliphatic imine (C=N–C) groups is 1. The van der Waals surface area contributed by atoms with E-state index in [4.69, 9.17) is 9.73 Å². The van der Waals surface area contributed by atoms with Gasteiger partial charge in [0, 0.05) is 65.9 Å². The third-order valence-corrected chi connectivity index (χ3v) is 7.40. The minimum absolute atomic E-state index is 0.753. The van der Waals surface area contributed by atoms with Crippen LogP contribution in [0.1, 0.15) is 12.1 Å². The minimum Gasteiger partial charge on any atom is -0.380 e. The highest BCUT2D eigenvalue weighted by atomic mass is 16.5. The summed E-state index contributed by atoms with van der Waals surface area (Å²) in [6.07, 6.45) is 14.5. The highest BCUT2D eigenvalue weighted by molar-refractivity contribution is 6.00. The Balaban J connectivity index is 1.07. The largest absolute Gasteiger partial charge is 0.380 e. The number of quaternary nitrogens is 1. The molecule has 0 saturated carbocycles. The van der Waals surface area contributed by atoms with Gasteiger partial charge in [-0.1, -0.05) is 0 Å². The zero-order valence-corrected chi connectivity index (χ0v) is 23.3. The monoisotopic (exact) mass is 555 g/mol. The number of amidine groups is 1. The Morgan fingerprint density at radius 2 is 1.88 bits per heavy atom. The van der Waals surface area contributed by atoms with E-state index >= 15 is 0 Å². The Morgan fingerprint density at radius 3 is 2.83 bits per heavy atom. The predicted octanol–water partition coefficient (Wildman–Crippen LogP) is 5.19. The molecule has 208 valence electrons. The second kappa shape index (κ2) is 11.4. The van der Waals surface area contributed by atoms with Gasteiger partial charge >= 0.3 is 0 Å². The van der Waals surface area contributed by atoms with Gasteiger partial charge in [0.2, 0.25) is 5.84 Å². The van der Waals surface area contributed by atoms with Crippen LogP contribution in [0.4, 0.5) is 34.3 Å². The molecule has 2 aliphatic heterocycles. The molecule has 1 aromatic carbocycles. The predicted molar refractivity (Wildman–Crippen MR) is 167 cm³/mol. The highest BCUT2D eigenvalue weighted by Crippen LogP contribution is 2.30. The molecule has 9 heteroatoms. The molecule has 42 heavy (non-hydrogen) atoms. The van der Waals surface area contributed by atoms with Crippen LogP contribution < -0.4 is 20.9 Å². The van der Waals surface area contributed by atoms with Crippen molar-refractivity contribution in [2.24, 2.45) is 4.99 Å². The summed E-state index contributed by atoms with van der Waals surface area (Å²) >= 11 is 0. The lowest BCUT2D eigenvalue weighted by atomic mass is 10.1. The molecule has 7 rings (SSSR count). The van der Waals surface area contributed by atoms with Crippen LogP contribution >= 0.6 is 0 Å². The molecule has 9 nitrogen and oxygen atoms in total. The molecule has 3 aromatic heterocycles. The van der Waals surface area contributed by atoms with Gasteiger partial charge in [0.05, 0.1) is 29.6 Å². The van der Waals surface area contributed by atoms with E-state index in [2.05, 4.69) is 60.5 Å². The van der Waals surface area contributed by atoms with E-state index in [0.29, 0.717) is 0 Å². The Bertz CT molecular complexity index is 1830. The van der Waals surface area contributed by atoms with Crippen molar-refractivity contribution in [2.75, 3.05) is 41.8 Å². The molecular weight excluding hydrogens is 524 g/mol. The van der Waals surface area contributed by atoms with Gasteiger partial charge in [0.15, 0.2) is 5.69 Å². The zero-order chi connectivity index (χ0) is 28.3. The van der Waals surface area contributed by atoms with Gasteiger partial charge in [0.25, 0.3) is 5.82 Å². The standard InChI is InChI=1S/C33H30N8O/c1-22-18-25(10-12-34-22)37-26-19-31-33(36-21-26)40-32(39-31)23-4-2-5-24(7-6-23)38-30-11-13-35-29-9-8-27(20-28(29)30)41-14-3-16-42-17-15-41/h2,5-13,18-21H,3,14-17H2,1H3,(H,34,37)(H,35,38)(H,36,39,40)/p+1. The van der Waals surface area contributed by atoms with Crippen molar-refractivity contribution in [1.29, 1.82) is 0 Å². The molecule has 1 fully saturated rings. The van der Waals surface area contributed by atoms with Crippen molar-refractivity contribution in [3.05, 3.63) is 108 Å². The number of aromatic nitrogens is 3. The molecule has 3 aliphatic rings. The average molecular weight is 556 g/mol. The molecule has 5 heterocycles. The summed E-state index contributed by atoms with van der Waals surface area (Å²) in [7, 11) is 0. The number of ether oxygens (including phenoxy) is 1. The highest BCUT2D eigenvalue weighted by Gasteiger charge is 2.24. The van der Waals surface area contributed by atoms with Gasteiger partial charge in [-0.25, -0.2) is 10.3 Å². The first-order valence-corrected chi connectivity index (χ1v) is 14.2. The number of hydrogen-bond donors (Lipinski definition) is 3. The summed E-state index contributed by atoms with van der Waals surface area (Å²) in [6, 6.07) is 14.4. The number of hydrogen-bond acceptors (Lipinski definition) is 8. The maximum absolute atomic E-state index is 5.65. The molecule has 0 unspecified atom stereocenters. The fraction of sp³-hybridized carbons (Fsp3) is 0.182. The van der Waals surface area contributed by atoms with E-state index in [1.165, 1.54) is 5.69 Å². The second-order valence-corrected chi connectivity index (χ2v) is 10.4. The van der Waals surface area contributed by atoms with Crippen molar-refractivity contribution in [3.8, 4) is 0 Å². The van der Waals surface area contributed by atoms with Crippen molar-refractivity contribution in [1.82, 2.24) is 15.0 Å². The number of anilines is 4. The van der Waals surface area contributed by atoms with Gasteiger partial charge in [-0.3, -0.25) is 9.97 Å². The Labute approximate surface area is 244 Å². The maximum Gasteiger partial charge on any atom is 0.257 e. The van der Waals surface area contributed by atoms with Crippen LogP contribution in [0.15, 0.2) is 107 Å². The molecule has 4 N–H and O–H groups in total. The van der Waals surface area contributed by atoms with Crippen molar-refractivity contribution < 1.29 is 10.1 Å². The number of allylic oxidation sites excluding steroid dienone is 2. The number of nitrogens with zero attached hydrogens (tertiary/aromatic N) is 5. The Morgan fingerprint density at radius 1 is 0.929 bits per heavy atom. The summed E-state index contributed by atoms with van der Waals surface area (Å²) in [5.41, 5.74) is 12.0. The number of aryl methyl sites for hydroxylation is 1. The lowest BCUT2D eigenvalue weighted by molar-refractivity contribution is -0.441. The molecule has 0 spiro atoms. The second-order valence-electron chi connectivity index (χ2n) is 10.4. The van der Waals surface area contributed by atoms with E-state index in [9.17, 15) is 0 Å². The summed E-state index contributed by atoms with van der Waals surface area (Å²) < 4.78 is 5.65. The molecule has 0 bridgehead atoms. The minimum atomic E-state index is 0.753. The first-order valence-electron chi connectivity index (χ1n) is 14.2. The quantitative estimate of drug-likeness (QED) is 0.281. The number of nitrogens with two attached hydrogens (primary N) is 1. The van der Waals surface area contributed by atoms with E-state index in [0.717, 1.165) is 95.0 Å². The molecule has 1 saturated heterocycles. The van der Waals surface area contributed by atoms with E-state index in [1.807, 2.05) is 67.1 Å². The van der Waals surface area contributed by atoms with Crippen LogP contribution in [0, 0.1) is 6.92 Å². The topological polar surface area (TPSA) is 104 Å². The third kappa shape index (κ3) is 5.57. The van der Waals surface area contributed by atoms with Gasteiger partial charge in [-0.15, -0.1) is 5.73 Å². The van der Waals surface area contributed by atoms with Crippen LogP contribution in [0.3, 0.4) is 0 Å². The van der Waals surface area contributed by atoms with Crippen LogP contribution in [-0.4, -0.2) is 47.1 Å². The maximum atomic E-state index is 5.65. The fourth-order valence-electron chi connectivity index (χ4n) is 5.29. The van der Waals surface area contributed by atoms with E-state index in [1.54, 1.807) is 6.20 Å². The lowest BCUT2D eigenvalue weighted by Crippen LogP contribution is -2.81. The summed E-state index contributed by atoms with van der Waals surface area (Å²) in [4.78, 5) is 20.7. The number of nitrogens with one attached hydrogen (secondary N) is 2. The summed E-state index contributed by atoms with van der Waals surface area (Å²) in [5, 5.41) is 10.1. The fourth-order valence-corrected chi connectivity index (χ4v) is 5.29. The van der Waals surface area contributed by atoms with Gasteiger partial charge in [-0.2, -0.15) is 4.99 Å². The lowest BCUT2D eigenvalue weighted by Gasteiger charge is -2.22.